The Kier molecular flexibility index (Phi) is 19.4. The number of nitrogens with two attached hydrogens (primary N) is 1. The Hall–Kier alpha value is -0.890. The van der Waals surface area contributed by atoms with Crippen LogP contribution in [0.1, 0.15) is 137 Å². The van der Waals surface area contributed by atoms with E-state index in [4.69, 9.17) is 5.73 Å². The number of unbranched alkanes of at least 4 members (excludes halogenated alkanes) is 10. The van der Waals surface area contributed by atoms with Gasteiger partial charge in [0.25, 0.3) is 0 Å². The third-order valence-corrected chi connectivity index (χ3v) is 6.47. The molecule has 0 aromatic carbocycles. The summed E-state index contributed by atoms with van der Waals surface area (Å²) < 4.78 is 0. The lowest BCUT2D eigenvalue weighted by atomic mass is 9.82. The molecule has 2 nitrogen and oxygen atoms in total. The standard InChI is InChI=1S/C28H54N2/c1-7-11-12-13-14-15-16-17-18-19-20-22-24(5)26(9-3)25(6)27(10-4)28(21-8-2)30-23-29/h26H,5,7-23,29H2,1-4,6H3/b27-25-,30-28?. The third-order valence-electron chi connectivity index (χ3n) is 6.47. The van der Waals surface area contributed by atoms with Gasteiger partial charge in [-0.1, -0.05) is 116 Å². The van der Waals surface area contributed by atoms with Crippen LogP contribution in [0, 0.1) is 5.92 Å². The van der Waals surface area contributed by atoms with Crippen LogP contribution in [0.3, 0.4) is 0 Å². The zero-order valence-corrected chi connectivity index (χ0v) is 21.3. The molecule has 176 valence electrons. The minimum absolute atomic E-state index is 0.391. The molecule has 0 aromatic rings. The Morgan fingerprint density at radius 3 is 1.73 bits per heavy atom. The van der Waals surface area contributed by atoms with Gasteiger partial charge in [-0.2, -0.15) is 0 Å². The maximum atomic E-state index is 5.74. The van der Waals surface area contributed by atoms with Crippen LogP contribution in [-0.4, -0.2) is 12.4 Å². The zero-order valence-electron chi connectivity index (χ0n) is 21.3. The number of rotatable bonds is 20. The van der Waals surface area contributed by atoms with Gasteiger partial charge < -0.3 is 5.73 Å². The molecular formula is C28H54N2. The molecule has 0 spiro atoms. The quantitative estimate of drug-likeness (QED) is 0.119. The average Bonchev–Trinajstić information content (AvgIpc) is 2.73. The van der Waals surface area contributed by atoms with Gasteiger partial charge >= 0.3 is 0 Å². The predicted octanol–water partition coefficient (Wildman–Crippen LogP) is 9.15. The molecule has 0 amide bonds. The second-order valence-electron chi connectivity index (χ2n) is 8.96. The summed E-state index contributed by atoms with van der Waals surface area (Å²) in [6.45, 7) is 16.3. The maximum Gasteiger partial charge on any atom is 0.0862 e. The smallest absolute Gasteiger partial charge is 0.0862 e. The Morgan fingerprint density at radius 1 is 0.767 bits per heavy atom. The summed E-state index contributed by atoms with van der Waals surface area (Å²) in [5.41, 5.74) is 11.3. The minimum Gasteiger partial charge on any atom is -0.312 e. The van der Waals surface area contributed by atoms with E-state index in [1.54, 1.807) is 0 Å². The van der Waals surface area contributed by atoms with E-state index in [0.29, 0.717) is 12.6 Å². The lowest BCUT2D eigenvalue weighted by molar-refractivity contribution is 0.543. The van der Waals surface area contributed by atoms with E-state index in [2.05, 4.69) is 46.2 Å². The highest BCUT2D eigenvalue weighted by atomic mass is 14.9. The van der Waals surface area contributed by atoms with Crippen LogP contribution in [0.4, 0.5) is 0 Å². The largest absolute Gasteiger partial charge is 0.312 e. The number of hydrogen-bond acceptors (Lipinski definition) is 2. The SMILES string of the molecule is C=C(CCCCCCCCCCCCC)C(CC)/C(C)=C(/CC)C(CCC)=NCN. The molecule has 0 saturated heterocycles. The molecule has 0 heterocycles. The molecule has 1 unspecified atom stereocenters. The molecule has 0 radical (unpaired) electrons. The first-order valence-electron chi connectivity index (χ1n) is 13.2. The summed E-state index contributed by atoms with van der Waals surface area (Å²) in [4.78, 5) is 4.62. The molecule has 0 rings (SSSR count). The van der Waals surface area contributed by atoms with Crippen molar-refractivity contribution in [1.82, 2.24) is 0 Å². The number of hydrogen-bond donors (Lipinski definition) is 1. The van der Waals surface area contributed by atoms with Crippen molar-refractivity contribution in [2.24, 2.45) is 16.6 Å². The summed E-state index contributed by atoms with van der Waals surface area (Å²) >= 11 is 0. The van der Waals surface area contributed by atoms with Gasteiger partial charge in [0.1, 0.15) is 0 Å². The highest BCUT2D eigenvalue weighted by Crippen LogP contribution is 2.31. The molecule has 2 heteroatoms. The minimum atomic E-state index is 0.391. The van der Waals surface area contributed by atoms with Crippen LogP contribution in [-0.2, 0) is 0 Å². The van der Waals surface area contributed by atoms with Gasteiger partial charge in [-0.15, -0.1) is 0 Å². The van der Waals surface area contributed by atoms with Crippen LogP contribution < -0.4 is 5.73 Å². The lowest BCUT2D eigenvalue weighted by Gasteiger charge is -2.23. The van der Waals surface area contributed by atoms with Gasteiger partial charge in [-0.25, -0.2) is 0 Å². The van der Waals surface area contributed by atoms with Gasteiger partial charge in [0.05, 0.1) is 6.67 Å². The summed E-state index contributed by atoms with van der Waals surface area (Å²) in [7, 11) is 0. The van der Waals surface area contributed by atoms with Crippen molar-refractivity contribution in [2.75, 3.05) is 6.67 Å². The molecular weight excluding hydrogens is 364 g/mol. The van der Waals surface area contributed by atoms with Crippen molar-refractivity contribution in [3.05, 3.63) is 23.3 Å². The molecule has 0 aliphatic heterocycles. The summed E-state index contributed by atoms with van der Waals surface area (Å²) in [6, 6.07) is 0. The van der Waals surface area contributed by atoms with Gasteiger partial charge in [-0.3, -0.25) is 4.99 Å². The average molecular weight is 419 g/mol. The molecule has 0 saturated carbocycles. The first-order chi connectivity index (χ1) is 14.6. The van der Waals surface area contributed by atoms with Crippen molar-refractivity contribution in [1.29, 1.82) is 0 Å². The highest BCUT2D eigenvalue weighted by molar-refractivity contribution is 6.00. The first kappa shape index (κ1) is 29.1. The van der Waals surface area contributed by atoms with E-state index in [1.807, 2.05) is 0 Å². The highest BCUT2D eigenvalue weighted by Gasteiger charge is 2.18. The van der Waals surface area contributed by atoms with Crippen molar-refractivity contribution in [3.8, 4) is 0 Å². The van der Waals surface area contributed by atoms with E-state index in [9.17, 15) is 0 Å². The summed E-state index contributed by atoms with van der Waals surface area (Å²) in [5.74, 6) is 0.489. The van der Waals surface area contributed by atoms with Gasteiger partial charge in [-0.05, 0) is 44.6 Å². The maximum absolute atomic E-state index is 5.74. The van der Waals surface area contributed by atoms with E-state index in [0.717, 1.165) is 25.7 Å². The van der Waals surface area contributed by atoms with E-state index in [-0.39, 0.29) is 0 Å². The number of nitrogens with zero attached hydrogens (tertiary/aromatic N) is 1. The summed E-state index contributed by atoms with van der Waals surface area (Å²) in [6.07, 6.45) is 20.8. The molecule has 1 atom stereocenters. The molecule has 0 aromatic heterocycles. The van der Waals surface area contributed by atoms with E-state index >= 15 is 0 Å². The topological polar surface area (TPSA) is 38.4 Å². The fraction of sp³-hybridized carbons (Fsp3) is 0.821. The molecule has 0 aliphatic rings. The molecule has 30 heavy (non-hydrogen) atoms. The molecule has 0 bridgehead atoms. The number of aliphatic imine (C=N–C) groups is 1. The Labute approximate surface area is 189 Å². The van der Waals surface area contributed by atoms with E-state index in [1.165, 1.54) is 99.5 Å². The van der Waals surface area contributed by atoms with Crippen LogP contribution in [0.15, 0.2) is 28.3 Å². The number of allylic oxidation sites excluding steroid dienone is 3. The van der Waals surface area contributed by atoms with Crippen LogP contribution in [0.25, 0.3) is 0 Å². The predicted molar refractivity (Wildman–Crippen MR) is 138 cm³/mol. The summed E-state index contributed by atoms with van der Waals surface area (Å²) in [5, 5.41) is 0. The lowest BCUT2D eigenvalue weighted by Crippen LogP contribution is -2.14. The van der Waals surface area contributed by atoms with Crippen molar-refractivity contribution in [3.63, 3.8) is 0 Å². The second kappa shape index (κ2) is 20.0. The first-order valence-corrected chi connectivity index (χ1v) is 13.2. The normalized spacial score (nSPS) is 14.0. The fourth-order valence-corrected chi connectivity index (χ4v) is 4.68. The van der Waals surface area contributed by atoms with E-state index < -0.39 is 0 Å². The third kappa shape index (κ3) is 12.7. The van der Waals surface area contributed by atoms with Gasteiger partial charge in [0.15, 0.2) is 0 Å². The van der Waals surface area contributed by atoms with Crippen LogP contribution in [0.2, 0.25) is 0 Å². The Balaban J connectivity index is 4.41. The van der Waals surface area contributed by atoms with Gasteiger partial charge in [0, 0.05) is 11.6 Å². The zero-order chi connectivity index (χ0) is 22.6. The Morgan fingerprint density at radius 2 is 1.30 bits per heavy atom. The Bertz CT molecular complexity index is 487. The van der Waals surface area contributed by atoms with Crippen molar-refractivity contribution in [2.45, 2.75) is 137 Å². The van der Waals surface area contributed by atoms with Crippen molar-refractivity contribution >= 4 is 5.71 Å². The fourth-order valence-electron chi connectivity index (χ4n) is 4.68. The molecule has 2 N–H and O–H groups in total. The van der Waals surface area contributed by atoms with Gasteiger partial charge in [0.2, 0.25) is 0 Å². The van der Waals surface area contributed by atoms with Crippen molar-refractivity contribution < 1.29 is 0 Å². The second-order valence-corrected chi connectivity index (χ2v) is 8.96. The monoisotopic (exact) mass is 418 g/mol. The van der Waals surface area contributed by atoms with Crippen LogP contribution >= 0.6 is 0 Å². The van der Waals surface area contributed by atoms with Crippen LogP contribution in [0.5, 0.6) is 0 Å². The molecule has 0 aliphatic carbocycles. The molecule has 0 fully saturated rings.